The van der Waals surface area contributed by atoms with Crippen molar-refractivity contribution >= 4 is 29.2 Å². The zero-order valence-electron chi connectivity index (χ0n) is 14.3. The minimum Gasteiger partial charge on any atom is -0.489 e. The molecule has 1 aliphatic carbocycles. The molecule has 5 nitrogen and oxygen atoms in total. The Morgan fingerprint density at radius 2 is 1.96 bits per heavy atom. The Balaban J connectivity index is 1.54. The highest BCUT2D eigenvalue weighted by atomic mass is 35.5. The van der Waals surface area contributed by atoms with Crippen LogP contribution in [0.1, 0.15) is 41.6 Å². The van der Waals surface area contributed by atoms with Crippen LogP contribution in [-0.4, -0.2) is 23.1 Å². The van der Waals surface area contributed by atoms with Crippen LogP contribution in [0, 0.1) is 5.82 Å². The lowest BCUT2D eigenvalue weighted by Gasteiger charge is -2.36. The van der Waals surface area contributed by atoms with Gasteiger partial charge in [0.1, 0.15) is 11.6 Å². The summed E-state index contributed by atoms with van der Waals surface area (Å²) in [6.45, 7) is 0. The van der Waals surface area contributed by atoms with Crippen molar-refractivity contribution in [1.82, 2.24) is 0 Å². The number of carbonyl (C=O) groups excluding carboxylic acids is 1. The number of fused-ring (bicyclic) bond motifs is 2. The molecular formula is C20H17ClFNO4. The van der Waals surface area contributed by atoms with Crippen LogP contribution in [0.5, 0.6) is 5.75 Å². The van der Waals surface area contributed by atoms with Gasteiger partial charge in [0.05, 0.1) is 22.1 Å². The highest BCUT2D eigenvalue weighted by Crippen LogP contribution is 2.48. The molecule has 1 fully saturated rings. The number of carbonyl (C=O) groups is 2. The van der Waals surface area contributed by atoms with Crippen LogP contribution < -0.4 is 10.1 Å². The minimum atomic E-state index is -1.02. The molecule has 2 aromatic carbocycles. The van der Waals surface area contributed by atoms with Gasteiger partial charge in [-0.2, -0.15) is 0 Å². The lowest BCUT2D eigenvalue weighted by Crippen LogP contribution is -2.41. The fraction of sp³-hybridized carbons (Fsp3) is 0.300. The minimum absolute atomic E-state index is 0.0988. The van der Waals surface area contributed by atoms with Crippen LogP contribution in [0.3, 0.4) is 0 Å². The van der Waals surface area contributed by atoms with Crippen LogP contribution in [0.2, 0.25) is 5.02 Å². The van der Waals surface area contributed by atoms with E-state index in [2.05, 4.69) is 5.32 Å². The number of anilines is 1. The van der Waals surface area contributed by atoms with Gasteiger partial charge in [-0.3, -0.25) is 4.79 Å². The van der Waals surface area contributed by atoms with E-state index in [-0.39, 0.29) is 22.6 Å². The molecule has 0 saturated heterocycles. The Bertz CT molecular complexity index is 938. The van der Waals surface area contributed by atoms with Gasteiger partial charge in [-0.05, 0) is 67.6 Å². The largest absolute Gasteiger partial charge is 0.489 e. The first kappa shape index (κ1) is 17.8. The summed E-state index contributed by atoms with van der Waals surface area (Å²) in [5.74, 6) is -1.12. The summed E-state index contributed by atoms with van der Waals surface area (Å²) in [5, 5.41) is 12.3. The predicted molar refractivity (Wildman–Crippen MR) is 98.0 cm³/mol. The second-order valence-electron chi connectivity index (χ2n) is 6.99. The lowest BCUT2D eigenvalue weighted by atomic mass is 9.69. The number of nitrogens with one attached hydrogen (secondary N) is 1. The molecule has 1 amide bonds. The van der Waals surface area contributed by atoms with Crippen LogP contribution in [0.15, 0.2) is 36.4 Å². The van der Waals surface area contributed by atoms with E-state index in [9.17, 15) is 19.1 Å². The summed E-state index contributed by atoms with van der Waals surface area (Å²) < 4.78 is 19.1. The highest BCUT2D eigenvalue weighted by molar-refractivity contribution is 6.32. The van der Waals surface area contributed by atoms with E-state index in [0.717, 1.165) is 5.56 Å². The second kappa shape index (κ2) is 6.53. The zero-order valence-corrected chi connectivity index (χ0v) is 15.1. The van der Waals surface area contributed by atoms with Gasteiger partial charge in [-0.15, -0.1) is 0 Å². The third-order valence-electron chi connectivity index (χ3n) is 5.44. The molecule has 2 aliphatic rings. The van der Waals surface area contributed by atoms with Crippen LogP contribution in [0.25, 0.3) is 0 Å². The van der Waals surface area contributed by atoms with Crippen molar-refractivity contribution < 1.29 is 23.8 Å². The van der Waals surface area contributed by atoms with Crippen molar-refractivity contribution in [2.24, 2.45) is 0 Å². The molecular weight excluding hydrogens is 373 g/mol. The zero-order chi connectivity index (χ0) is 19.2. The molecule has 7 heteroatoms. The average molecular weight is 390 g/mol. The number of carboxylic acid groups (broad SMARTS) is 1. The predicted octanol–water partition coefficient (Wildman–Crippen LogP) is 4.39. The number of ether oxygens (including phenoxy) is 1. The molecule has 1 aliphatic heterocycles. The third kappa shape index (κ3) is 3.04. The lowest BCUT2D eigenvalue weighted by molar-refractivity contribution is -0.122. The maximum Gasteiger partial charge on any atom is 0.335 e. The number of amides is 1. The normalized spacial score (nSPS) is 23.8. The Hall–Kier alpha value is -2.60. The standard InChI is InChI=1S/C20H17ClFNO4/c21-15-10-12(22)2-4-17(15)27-13-5-7-20(8-6-13)14-9-11(18(24)25)1-3-16(14)23-19(20)26/h1-4,9-10,13H,5-8H2,(H,23,26)(H,24,25). The topological polar surface area (TPSA) is 75.6 Å². The molecule has 0 unspecified atom stereocenters. The summed E-state index contributed by atoms with van der Waals surface area (Å²) >= 11 is 6.02. The first-order valence-corrected chi connectivity index (χ1v) is 9.08. The van der Waals surface area contributed by atoms with Crippen molar-refractivity contribution in [3.05, 3.63) is 58.4 Å². The van der Waals surface area contributed by atoms with E-state index in [1.807, 2.05) is 0 Å². The van der Waals surface area contributed by atoms with Gasteiger partial charge in [-0.25, -0.2) is 9.18 Å². The molecule has 1 spiro atoms. The van der Waals surface area contributed by atoms with Crippen molar-refractivity contribution in [3.63, 3.8) is 0 Å². The molecule has 2 N–H and O–H groups in total. The second-order valence-corrected chi connectivity index (χ2v) is 7.40. The van der Waals surface area contributed by atoms with Gasteiger partial charge >= 0.3 is 5.97 Å². The van der Waals surface area contributed by atoms with E-state index < -0.39 is 17.2 Å². The average Bonchev–Trinajstić information content (AvgIpc) is 2.90. The van der Waals surface area contributed by atoms with Crippen molar-refractivity contribution in [2.75, 3.05) is 5.32 Å². The van der Waals surface area contributed by atoms with Gasteiger partial charge in [0.25, 0.3) is 0 Å². The smallest absolute Gasteiger partial charge is 0.335 e. The molecule has 1 heterocycles. The Morgan fingerprint density at radius 3 is 2.63 bits per heavy atom. The number of halogens is 2. The summed E-state index contributed by atoms with van der Waals surface area (Å²) in [7, 11) is 0. The fourth-order valence-corrected chi connectivity index (χ4v) is 4.21. The number of hydrogen-bond donors (Lipinski definition) is 2. The first-order chi connectivity index (χ1) is 12.9. The van der Waals surface area contributed by atoms with E-state index >= 15 is 0 Å². The molecule has 1 saturated carbocycles. The fourth-order valence-electron chi connectivity index (χ4n) is 4.00. The number of aromatic carboxylic acids is 1. The third-order valence-corrected chi connectivity index (χ3v) is 5.73. The van der Waals surface area contributed by atoms with Gasteiger partial charge in [0.2, 0.25) is 5.91 Å². The number of hydrogen-bond acceptors (Lipinski definition) is 3. The van der Waals surface area contributed by atoms with Gasteiger partial charge in [0.15, 0.2) is 0 Å². The highest BCUT2D eigenvalue weighted by Gasteiger charge is 2.49. The SMILES string of the molecule is O=C(O)c1ccc2c(c1)C1(CCC(Oc3ccc(F)cc3Cl)CC1)C(=O)N2. The van der Waals surface area contributed by atoms with Gasteiger partial charge < -0.3 is 15.2 Å². The molecule has 27 heavy (non-hydrogen) atoms. The van der Waals surface area contributed by atoms with Crippen LogP contribution in [-0.2, 0) is 10.2 Å². The Morgan fingerprint density at radius 1 is 1.22 bits per heavy atom. The summed E-state index contributed by atoms with van der Waals surface area (Å²) in [5.41, 5.74) is 0.852. The summed E-state index contributed by atoms with van der Waals surface area (Å²) in [4.78, 5) is 24.0. The van der Waals surface area contributed by atoms with Gasteiger partial charge in [-0.1, -0.05) is 11.6 Å². The Kier molecular flexibility index (Phi) is 4.30. The molecule has 140 valence electrons. The molecule has 0 aromatic heterocycles. The van der Waals surface area contributed by atoms with E-state index in [1.54, 1.807) is 12.1 Å². The number of benzene rings is 2. The molecule has 2 aromatic rings. The number of rotatable bonds is 3. The molecule has 0 atom stereocenters. The molecule has 4 rings (SSSR count). The Labute approximate surface area is 160 Å². The quantitative estimate of drug-likeness (QED) is 0.816. The maximum atomic E-state index is 13.2. The van der Waals surface area contributed by atoms with E-state index in [1.165, 1.54) is 24.3 Å². The first-order valence-electron chi connectivity index (χ1n) is 8.70. The van der Waals surface area contributed by atoms with Crippen LogP contribution >= 0.6 is 11.6 Å². The van der Waals surface area contributed by atoms with Crippen molar-refractivity contribution in [1.29, 1.82) is 0 Å². The number of carboxylic acids is 1. The van der Waals surface area contributed by atoms with Crippen LogP contribution in [0.4, 0.5) is 10.1 Å². The van der Waals surface area contributed by atoms with Crippen molar-refractivity contribution in [3.8, 4) is 5.75 Å². The van der Waals surface area contributed by atoms with Crippen molar-refractivity contribution in [2.45, 2.75) is 37.2 Å². The maximum absolute atomic E-state index is 13.2. The molecule has 0 radical (unpaired) electrons. The van der Waals surface area contributed by atoms with Gasteiger partial charge in [0, 0.05) is 5.69 Å². The summed E-state index contributed by atoms with van der Waals surface area (Å²) in [6.07, 6.45) is 2.16. The van der Waals surface area contributed by atoms with E-state index in [4.69, 9.17) is 16.3 Å². The monoisotopic (exact) mass is 389 g/mol. The van der Waals surface area contributed by atoms with E-state index in [0.29, 0.717) is 37.1 Å². The summed E-state index contributed by atoms with van der Waals surface area (Å²) in [6, 6.07) is 8.72. The molecule has 0 bridgehead atoms.